The Morgan fingerprint density at radius 1 is 1.10 bits per heavy atom. The van der Waals surface area contributed by atoms with Gasteiger partial charge in [0.05, 0.1) is 12.3 Å². The Balaban J connectivity index is 1.82. The van der Waals surface area contributed by atoms with Crippen LogP contribution in [-0.2, 0) is 17.6 Å². The van der Waals surface area contributed by atoms with E-state index in [-0.39, 0.29) is 11.8 Å². The molecule has 7 heteroatoms. The predicted molar refractivity (Wildman–Crippen MR) is 114 cm³/mol. The molecule has 0 bridgehead atoms. The second-order valence-corrected chi connectivity index (χ2v) is 7.91. The lowest BCUT2D eigenvalue weighted by molar-refractivity contribution is 0.0690. The van der Waals surface area contributed by atoms with E-state index in [0.717, 1.165) is 40.8 Å². The summed E-state index contributed by atoms with van der Waals surface area (Å²) in [6.45, 7) is 3.28. The number of likely N-dealkylation sites (tertiary alicyclic amines) is 1. The van der Waals surface area contributed by atoms with Gasteiger partial charge in [0.15, 0.2) is 0 Å². The number of carbonyl (C=O) groups is 2. The molecule has 2 aliphatic rings. The van der Waals surface area contributed by atoms with Crippen LogP contribution < -0.4 is 0 Å². The van der Waals surface area contributed by atoms with E-state index in [1.165, 1.54) is 5.57 Å². The number of carbonyl (C=O) groups excluding carboxylic acids is 1. The molecule has 1 aromatic carbocycles. The van der Waals surface area contributed by atoms with E-state index in [9.17, 15) is 14.7 Å². The van der Waals surface area contributed by atoms with Crippen molar-refractivity contribution in [2.45, 2.75) is 32.6 Å². The van der Waals surface area contributed by atoms with Crippen molar-refractivity contribution in [3.63, 3.8) is 0 Å². The minimum atomic E-state index is -1.04. The van der Waals surface area contributed by atoms with Gasteiger partial charge in [-0.25, -0.2) is 14.6 Å². The Hall–Kier alpha value is -2.86. The van der Waals surface area contributed by atoms with Crippen molar-refractivity contribution in [2.24, 2.45) is 0 Å². The molecule has 1 fully saturated rings. The number of ether oxygens (including phenoxy) is 1. The Kier molecular flexibility index (Phi) is 5.77. The molecule has 30 heavy (non-hydrogen) atoms. The number of aromatic nitrogens is 1. The molecule has 156 valence electrons. The smallest absolute Gasteiger partial charge is 0.409 e. The van der Waals surface area contributed by atoms with Gasteiger partial charge in [-0.15, -0.1) is 0 Å². The molecule has 0 saturated carbocycles. The SMILES string of the molecule is CCOC(=O)N1CCC(=C2c3ccc(Cl)cc3CCc3ccc(C(=O)O)nc32)CC1. The van der Waals surface area contributed by atoms with E-state index in [0.29, 0.717) is 37.6 Å². The number of carboxylic acids is 1. The molecule has 1 aromatic heterocycles. The monoisotopic (exact) mass is 426 g/mol. The molecule has 1 saturated heterocycles. The highest BCUT2D eigenvalue weighted by molar-refractivity contribution is 6.30. The van der Waals surface area contributed by atoms with Crippen molar-refractivity contribution in [2.75, 3.05) is 19.7 Å². The van der Waals surface area contributed by atoms with Crippen LogP contribution >= 0.6 is 11.6 Å². The molecule has 0 atom stereocenters. The van der Waals surface area contributed by atoms with Gasteiger partial charge in [0.1, 0.15) is 5.69 Å². The number of hydrogen-bond acceptors (Lipinski definition) is 4. The number of nitrogens with zero attached hydrogens (tertiary/aromatic N) is 2. The number of amides is 1. The molecule has 2 aromatic rings. The number of pyridine rings is 1. The van der Waals surface area contributed by atoms with Crippen molar-refractivity contribution < 1.29 is 19.4 Å². The highest BCUT2D eigenvalue weighted by atomic mass is 35.5. The third-order valence-corrected chi connectivity index (χ3v) is 5.92. The van der Waals surface area contributed by atoms with Crippen LogP contribution in [0.25, 0.3) is 5.57 Å². The number of rotatable bonds is 2. The standard InChI is InChI=1S/C23H23ClN2O4/c1-2-30-23(29)26-11-9-14(10-12-26)20-18-7-6-17(24)13-16(18)4-3-15-5-8-19(22(27)28)25-21(15)20/h5-8,13H,2-4,9-12H2,1H3,(H,27,28). The van der Waals surface area contributed by atoms with E-state index >= 15 is 0 Å². The summed E-state index contributed by atoms with van der Waals surface area (Å²) in [5, 5.41) is 10.2. The van der Waals surface area contributed by atoms with E-state index in [1.54, 1.807) is 17.9 Å². The summed E-state index contributed by atoms with van der Waals surface area (Å²) in [6, 6.07) is 9.28. The second-order valence-electron chi connectivity index (χ2n) is 7.48. The van der Waals surface area contributed by atoms with Gasteiger partial charge in [0.2, 0.25) is 0 Å². The first-order chi connectivity index (χ1) is 14.5. The average Bonchev–Trinajstić information content (AvgIpc) is 2.90. The summed E-state index contributed by atoms with van der Waals surface area (Å²) in [7, 11) is 0. The second kappa shape index (κ2) is 8.48. The molecular formula is C23H23ClN2O4. The molecule has 2 heterocycles. The molecule has 1 aliphatic carbocycles. The predicted octanol–water partition coefficient (Wildman–Crippen LogP) is 4.59. The fraction of sp³-hybridized carbons (Fsp3) is 0.348. The molecule has 1 N–H and O–H groups in total. The van der Waals surface area contributed by atoms with Crippen molar-refractivity contribution >= 4 is 29.2 Å². The van der Waals surface area contributed by atoms with Crippen LogP contribution in [0.4, 0.5) is 4.79 Å². The molecule has 0 unspecified atom stereocenters. The van der Waals surface area contributed by atoms with Gasteiger partial charge >= 0.3 is 12.1 Å². The Labute approximate surface area is 180 Å². The minimum absolute atomic E-state index is 0.0354. The molecule has 0 spiro atoms. The lowest BCUT2D eigenvalue weighted by Gasteiger charge is -2.29. The van der Waals surface area contributed by atoms with Crippen LogP contribution in [0.15, 0.2) is 35.9 Å². The highest BCUT2D eigenvalue weighted by Gasteiger charge is 2.27. The lowest BCUT2D eigenvalue weighted by atomic mass is 9.88. The Bertz CT molecular complexity index is 1040. The number of fused-ring (bicyclic) bond motifs is 2. The third-order valence-electron chi connectivity index (χ3n) is 5.68. The van der Waals surface area contributed by atoms with Crippen LogP contribution in [0.3, 0.4) is 0 Å². The number of benzene rings is 1. The van der Waals surface area contributed by atoms with Crippen LogP contribution in [-0.4, -0.2) is 46.7 Å². The minimum Gasteiger partial charge on any atom is -0.477 e. The summed E-state index contributed by atoms with van der Waals surface area (Å²) in [5.41, 5.74) is 6.14. The molecule has 1 aliphatic heterocycles. The van der Waals surface area contributed by atoms with Crippen molar-refractivity contribution in [3.05, 3.63) is 69.0 Å². The van der Waals surface area contributed by atoms with Crippen LogP contribution in [0.2, 0.25) is 5.02 Å². The first-order valence-electron chi connectivity index (χ1n) is 10.1. The zero-order chi connectivity index (χ0) is 21.3. The maximum absolute atomic E-state index is 12.1. The number of aromatic carboxylic acids is 1. The number of aryl methyl sites for hydroxylation is 2. The fourth-order valence-corrected chi connectivity index (χ4v) is 4.41. The van der Waals surface area contributed by atoms with Crippen LogP contribution in [0.5, 0.6) is 0 Å². The van der Waals surface area contributed by atoms with E-state index in [1.807, 2.05) is 24.3 Å². The third kappa shape index (κ3) is 3.92. The van der Waals surface area contributed by atoms with E-state index in [4.69, 9.17) is 16.3 Å². The Morgan fingerprint density at radius 2 is 1.83 bits per heavy atom. The quantitative estimate of drug-likeness (QED) is 0.759. The number of hydrogen-bond donors (Lipinski definition) is 1. The summed E-state index contributed by atoms with van der Waals surface area (Å²) in [6.07, 6.45) is 2.66. The number of halogens is 1. The zero-order valence-corrected chi connectivity index (χ0v) is 17.5. The highest BCUT2D eigenvalue weighted by Crippen LogP contribution is 2.38. The average molecular weight is 427 g/mol. The summed E-state index contributed by atoms with van der Waals surface area (Å²) in [4.78, 5) is 29.9. The summed E-state index contributed by atoms with van der Waals surface area (Å²) in [5.74, 6) is -1.04. The van der Waals surface area contributed by atoms with Gasteiger partial charge in [0.25, 0.3) is 0 Å². The first-order valence-corrected chi connectivity index (χ1v) is 10.5. The number of carboxylic acid groups (broad SMARTS) is 1. The molecular weight excluding hydrogens is 404 g/mol. The Morgan fingerprint density at radius 3 is 2.53 bits per heavy atom. The van der Waals surface area contributed by atoms with E-state index < -0.39 is 5.97 Å². The van der Waals surface area contributed by atoms with Crippen LogP contribution in [0.1, 0.15) is 52.6 Å². The molecule has 6 nitrogen and oxygen atoms in total. The van der Waals surface area contributed by atoms with Gasteiger partial charge in [-0.1, -0.05) is 29.3 Å². The molecule has 0 radical (unpaired) electrons. The van der Waals surface area contributed by atoms with Crippen molar-refractivity contribution in [1.29, 1.82) is 0 Å². The maximum atomic E-state index is 12.1. The normalized spacial score (nSPS) is 15.9. The van der Waals surface area contributed by atoms with Crippen molar-refractivity contribution in [3.8, 4) is 0 Å². The van der Waals surface area contributed by atoms with Gasteiger partial charge in [-0.3, -0.25) is 0 Å². The summed E-state index contributed by atoms with van der Waals surface area (Å²) < 4.78 is 5.13. The van der Waals surface area contributed by atoms with Crippen LogP contribution in [0, 0.1) is 0 Å². The largest absolute Gasteiger partial charge is 0.477 e. The fourth-order valence-electron chi connectivity index (χ4n) is 4.22. The van der Waals surface area contributed by atoms with Gasteiger partial charge < -0.3 is 14.7 Å². The lowest BCUT2D eigenvalue weighted by Crippen LogP contribution is -2.37. The first kappa shape index (κ1) is 20.4. The maximum Gasteiger partial charge on any atom is 0.409 e. The number of piperidine rings is 1. The molecule has 4 rings (SSSR count). The summed E-state index contributed by atoms with van der Waals surface area (Å²) >= 11 is 6.26. The molecule has 1 amide bonds. The topological polar surface area (TPSA) is 79.7 Å². The zero-order valence-electron chi connectivity index (χ0n) is 16.8. The van der Waals surface area contributed by atoms with Gasteiger partial charge in [0, 0.05) is 23.7 Å². The van der Waals surface area contributed by atoms with E-state index in [2.05, 4.69) is 4.98 Å². The van der Waals surface area contributed by atoms with Gasteiger partial charge in [-0.05, 0) is 67.5 Å². The van der Waals surface area contributed by atoms with Crippen molar-refractivity contribution in [1.82, 2.24) is 9.88 Å². The van der Waals surface area contributed by atoms with Gasteiger partial charge in [-0.2, -0.15) is 0 Å².